The highest BCUT2D eigenvalue weighted by atomic mass is 16.5. The molecule has 2 heterocycles. The van der Waals surface area contributed by atoms with E-state index in [4.69, 9.17) is 10.5 Å². The number of nitrogen functional groups attached to an aromatic ring is 1. The number of aliphatic carboxylic acids is 1. The summed E-state index contributed by atoms with van der Waals surface area (Å²) in [5, 5.41) is 10.1. The Morgan fingerprint density at radius 1 is 0.837 bits per heavy atom. The van der Waals surface area contributed by atoms with Gasteiger partial charge in [-0.05, 0) is 65.8 Å². The molecule has 0 spiro atoms. The van der Waals surface area contributed by atoms with Crippen LogP contribution in [0.1, 0.15) is 64.0 Å². The number of benzene rings is 4. The van der Waals surface area contributed by atoms with Crippen molar-refractivity contribution in [2.45, 2.75) is 44.3 Å². The Bertz CT molecular complexity index is 1900. The summed E-state index contributed by atoms with van der Waals surface area (Å²) in [4.78, 5) is 49.5. The summed E-state index contributed by atoms with van der Waals surface area (Å²) in [5.41, 5.74) is 9.80. The second kappa shape index (κ2) is 15.3. The smallest absolute Gasteiger partial charge is 0.305 e. The van der Waals surface area contributed by atoms with Crippen LogP contribution >= 0.6 is 0 Å². The van der Waals surface area contributed by atoms with Crippen molar-refractivity contribution in [3.63, 3.8) is 0 Å². The van der Waals surface area contributed by atoms with Gasteiger partial charge in [-0.2, -0.15) is 0 Å². The summed E-state index contributed by atoms with van der Waals surface area (Å²) < 4.78 is 5.81. The topological polar surface area (TPSA) is 126 Å². The molecule has 2 atom stereocenters. The predicted molar refractivity (Wildman–Crippen MR) is 188 cm³/mol. The average molecular weight is 655 g/mol. The molecule has 9 heteroatoms. The Morgan fingerprint density at radius 2 is 1.53 bits per heavy atom. The lowest BCUT2D eigenvalue weighted by molar-refractivity contribution is -0.139. The molecule has 4 aromatic carbocycles. The second-order valence-electron chi connectivity index (χ2n) is 12.0. The lowest BCUT2D eigenvalue weighted by Gasteiger charge is -2.37. The first-order valence-electron chi connectivity index (χ1n) is 16.4. The molecule has 2 amide bonds. The third-order valence-corrected chi connectivity index (χ3v) is 8.70. The molecule has 0 saturated heterocycles. The van der Waals surface area contributed by atoms with Gasteiger partial charge in [0.1, 0.15) is 6.04 Å². The molecule has 0 aliphatic carbocycles. The van der Waals surface area contributed by atoms with E-state index < -0.39 is 24.0 Å². The van der Waals surface area contributed by atoms with E-state index in [1.807, 2.05) is 97.1 Å². The molecule has 9 nitrogen and oxygen atoms in total. The average Bonchev–Trinajstić information content (AvgIpc) is 3.21. The number of ether oxygens (including phenoxy) is 1. The SMILES string of the molecule is Nc1ncccc1OCCCCc1ccc2c(c1)C(=O)N(C(CC(=O)O)c1ccccc1)C(c1ccccc1)C(=O)N2Cc1ccccc1. The minimum Gasteiger partial charge on any atom is -0.490 e. The minimum atomic E-state index is -1.07. The highest BCUT2D eigenvalue weighted by Crippen LogP contribution is 2.42. The van der Waals surface area contributed by atoms with E-state index in [0.29, 0.717) is 47.0 Å². The van der Waals surface area contributed by atoms with Crippen LogP contribution in [0.5, 0.6) is 5.75 Å². The summed E-state index contributed by atoms with van der Waals surface area (Å²) in [5.74, 6) is -0.899. The lowest BCUT2D eigenvalue weighted by Crippen LogP contribution is -2.44. The number of amides is 2. The molecule has 1 aliphatic heterocycles. The van der Waals surface area contributed by atoms with Gasteiger partial charge in [-0.25, -0.2) is 4.98 Å². The van der Waals surface area contributed by atoms with E-state index in [-0.39, 0.29) is 18.9 Å². The van der Waals surface area contributed by atoms with Crippen molar-refractivity contribution in [3.05, 3.63) is 155 Å². The molecule has 6 rings (SSSR count). The Labute approximate surface area is 285 Å². The van der Waals surface area contributed by atoms with Gasteiger partial charge in [-0.1, -0.05) is 97.1 Å². The van der Waals surface area contributed by atoms with E-state index in [9.17, 15) is 19.5 Å². The monoisotopic (exact) mass is 654 g/mol. The number of anilines is 2. The van der Waals surface area contributed by atoms with Gasteiger partial charge < -0.3 is 25.4 Å². The number of aromatic nitrogens is 1. The van der Waals surface area contributed by atoms with E-state index in [0.717, 1.165) is 24.0 Å². The molecule has 0 fully saturated rings. The summed E-state index contributed by atoms with van der Waals surface area (Å²) in [6.45, 7) is 0.694. The van der Waals surface area contributed by atoms with Gasteiger partial charge in [0.2, 0.25) is 0 Å². The second-order valence-corrected chi connectivity index (χ2v) is 12.0. The van der Waals surface area contributed by atoms with Crippen LogP contribution in [0, 0.1) is 0 Å². The number of unbranched alkanes of at least 4 members (excludes halogenated alkanes) is 1. The van der Waals surface area contributed by atoms with Crippen LogP contribution in [0.3, 0.4) is 0 Å². The normalized spacial score (nSPS) is 15.0. The molecule has 1 aliphatic rings. The molecule has 5 aromatic rings. The number of carbonyl (C=O) groups is 3. The van der Waals surface area contributed by atoms with Crippen molar-refractivity contribution in [3.8, 4) is 5.75 Å². The molecule has 2 unspecified atom stereocenters. The first-order chi connectivity index (χ1) is 23.9. The molecule has 0 saturated carbocycles. The predicted octanol–water partition coefficient (Wildman–Crippen LogP) is 7.01. The molecule has 3 N–H and O–H groups in total. The zero-order valence-corrected chi connectivity index (χ0v) is 27.0. The number of hydrogen-bond acceptors (Lipinski definition) is 6. The van der Waals surface area contributed by atoms with E-state index in [1.54, 1.807) is 35.4 Å². The zero-order chi connectivity index (χ0) is 34.2. The number of carboxylic acids is 1. The fourth-order valence-electron chi connectivity index (χ4n) is 6.33. The number of hydrogen-bond donors (Lipinski definition) is 2. The number of carbonyl (C=O) groups excluding carboxylic acids is 2. The quantitative estimate of drug-likeness (QED) is 0.131. The van der Waals surface area contributed by atoms with Crippen LogP contribution < -0.4 is 15.4 Å². The third kappa shape index (κ3) is 7.62. The van der Waals surface area contributed by atoms with Crippen molar-refractivity contribution in [2.24, 2.45) is 0 Å². The van der Waals surface area contributed by atoms with Gasteiger partial charge in [0.05, 0.1) is 36.9 Å². The van der Waals surface area contributed by atoms with Gasteiger partial charge in [0, 0.05) is 6.20 Å². The minimum absolute atomic E-state index is 0.236. The molecule has 49 heavy (non-hydrogen) atoms. The number of nitrogens with two attached hydrogens (primary N) is 1. The van der Waals surface area contributed by atoms with Gasteiger partial charge in [-0.3, -0.25) is 14.4 Å². The van der Waals surface area contributed by atoms with Crippen LogP contribution in [-0.2, 0) is 22.6 Å². The van der Waals surface area contributed by atoms with Crippen molar-refractivity contribution >= 4 is 29.3 Å². The highest BCUT2D eigenvalue weighted by Gasteiger charge is 2.44. The molecular weight excluding hydrogens is 616 g/mol. The Balaban J connectivity index is 1.40. The third-order valence-electron chi connectivity index (χ3n) is 8.70. The molecule has 0 radical (unpaired) electrons. The van der Waals surface area contributed by atoms with Crippen molar-refractivity contribution < 1.29 is 24.2 Å². The van der Waals surface area contributed by atoms with Gasteiger partial charge in [0.25, 0.3) is 11.8 Å². The Kier molecular flexibility index (Phi) is 10.3. The van der Waals surface area contributed by atoms with Crippen LogP contribution in [0.15, 0.2) is 128 Å². The number of nitrogens with zero attached hydrogens (tertiary/aromatic N) is 3. The Morgan fingerprint density at radius 3 is 2.22 bits per heavy atom. The van der Waals surface area contributed by atoms with Gasteiger partial charge in [-0.15, -0.1) is 0 Å². The number of aryl methyl sites for hydroxylation is 1. The summed E-state index contributed by atoms with van der Waals surface area (Å²) in [6, 6.07) is 35.1. The zero-order valence-electron chi connectivity index (χ0n) is 27.0. The Hall–Kier alpha value is -5.96. The van der Waals surface area contributed by atoms with Gasteiger partial charge >= 0.3 is 5.97 Å². The van der Waals surface area contributed by atoms with Crippen LogP contribution in [0.25, 0.3) is 0 Å². The number of pyridine rings is 1. The highest BCUT2D eigenvalue weighted by molar-refractivity contribution is 6.11. The van der Waals surface area contributed by atoms with Gasteiger partial charge in [0.15, 0.2) is 11.6 Å². The molecular formula is C40H38N4O5. The standard InChI is InChI=1S/C40H38N4O5/c41-38-35(20-12-23-42-38)49-24-11-10-13-28-21-22-33-32(25-28)39(47)44(34(26-36(45)46)30-16-6-2-7-17-30)37(31-18-8-3-9-19-31)40(48)43(33)27-29-14-4-1-5-15-29/h1-9,12,14-23,25,34,37H,10-11,13,24,26-27H2,(H2,41,42)(H,45,46). The summed E-state index contributed by atoms with van der Waals surface area (Å²) >= 11 is 0. The van der Waals surface area contributed by atoms with E-state index >= 15 is 0 Å². The van der Waals surface area contributed by atoms with Crippen LogP contribution in [0.4, 0.5) is 11.5 Å². The van der Waals surface area contributed by atoms with Crippen LogP contribution in [-0.4, -0.2) is 39.4 Å². The maximum absolute atomic E-state index is 15.0. The maximum atomic E-state index is 15.0. The fourth-order valence-corrected chi connectivity index (χ4v) is 6.33. The molecule has 248 valence electrons. The van der Waals surface area contributed by atoms with E-state index in [2.05, 4.69) is 4.98 Å². The molecule has 1 aromatic heterocycles. The maximum Gasteiger partial charge on any atom is 0.305 e. The number of carboxylic acid groups (broad SMARTS) is 1. The summed E-state index contributed by atoms with van der Waals surface area (Å²) in [7, 11) is 0. The van der Waals surface area contributed by atoms with Crippen LogP contribution in [0.2, 0.25) is 0 Å². The van der Waals surface area contributed by atoms with Crippen molar-refractivity contribution in [2.75, 3.05) is 17.2 Å². The van der Waals surface area contributed by atoms with E-state index in [1.165, 1.54) is 4.90 Å². The first kappa shape index (κ1) is 33.0. The van der Waals surface area contributed by atoms with Crippen molar-refractivity contribution in [1.82, 2.24) is 9.88 Å². The number of rotatable bonds is 13. The molecule has 0 bridgehead atoms. The largest absolute Gasteiger partial charge is 0.490 e. The lowest BCUT2D eigenvalue weighted by atomic mass is 9.95. The fraction of sp³-hybridized carbons (Fsp3) is 0.200. The first-order valence-corrected chi connectivity index (χ1v) is 16.4. The summed E-state index contributed by atoms with van der Waals surface area (Å²) in [6.07, 6.45) is 3.43. The van der Waals surface area contributed by atoms with Crippen molar-refractivity contribution in [1.29, 1.82) is 0 Å². The number of fused-ring (bicyclic) bond motifs is 1.